The van der Waals surface area contributed by atoms with E-state index in [1.165, 1.54) is 0 Å². The molecule has 5 heteroatoms. The molecule has 2 aromatic rings. The maximum Gasteiger partial charge on any atom is 0.307 e. The molecule has 92 valence electrons. The maximum absolute atomic E-state index is 10.7. The van der Waals surface area contributed by atoms with Crippen molar-refractivity contribution in [1.29, 1.82) is 0 Å². The molecule has 0 aliphatic heterocycles. The first kappa shape index (κ1) is 12.0. The number of benzene rings is 1. The summed E-state index contributed by atoms with van der Waals surface area (Å²) in [6.45, 7) is 1.76. The van der Waals surface area contributed by atoms with Gasteiger partial charge in [-0.1, -0.05) is 18.2 Å². The van der Waals surface area contributed by atoms with Gasteiger partial charge in [0, 0.05) is 17.8 Å². The highest BCUT2D eigenvalue weighted by atomic mass is 16.5. The van der Waals surface area contributed by atoms with Crippen molar-refractivity contribution in [1.82, 2.24) is 9.97 Å². The molecular weight excluding hydrogens is 232 g/mol. The fraction of sp³-hybridized carbons (Fsp3) is 0.154. The van der Waals surface area contributed by atoms with E-state index < -0.39 is 5.97 Å². The Balaban J connectivity index is 2.26. The number of para-hydroxylation sites is 1. The number of aliphatic carboxylic acids is 1. The van der Waals surface area contributed by atoms with E-state index in [4.69, 9.17) is 9.84 Å². The molecular formula is C13H12N2O3. The van der Waals surface area contributed by atoms with Gasteiger partial charge in [0.15, 0.2) is 0 Å². The van der Waals surface area contributed by atoms with E-state index in [2.05, 4.69) is 9.97 Å². The Bertz CT molecular complexity index is 570. The van der Waals surface area contributed by atoms with Gasteiger partial charge < -0.3 is 9.84 Å². The van der Waals surface area contributed by atoms with E-state index >= 15 is 0 Å². The summed E-state index contributed by atoms with van der Waals surface area (Å²) in [5.74, 6) is 0.603. The van der Waals surface area contributed by atoms with Crippen molar-refractivity contribution in [2.45, 2.75) is 13.3 Å². The number of aryl methyl sites for hydroxylation is 1. The SMILES string of the molecule is Cc1nccc(Oc2ccccc2CC(=O)O)n1. The van der Waals surface area contributed by atoms with Crippen molar-refractivity contribution >= 4 is 5.97 Å². The lowest BCUT2D eigenvalue weighted by Gasteiger charge is -2.08. The van der Waals surface area contributed by atoms with Gasteiger partial charge in [0.2, 0.25) is 5.88 Å². The van der Waals surface area contributed by atoms with Crippen LogP contribution >= 0.6 is 0 Å². The van der Waals surface area contributed by atoms with Gasteiger partial charge in [0.25, 0.3) is 0 Å². The Morgan fingerprint density at radius 2 is 2.11 bits per heavy atom. The maximum atomic E-state index is 10.7. The summed E-state index contributed by atoms with van der Waals surface area (Å²) >= 11 is 0. The van der Waals surface area contributed by atoms with Gasteiger partial charge in [0.1, 0.15) is 11.6 Å². The van der Waals surface area contributed by atoms with E-state index in [1.807, 2.05) is 0 Å². The third-order valence-corrected chi connectivity index (χ3v) is 2.28. The van der Waals surface area contributed by atoms with Crippen LogP contribution in [0.15, 0.2) is 36.5 Å². The van der Waals surface area contributed by atoms with Gasteiger partial charge in [-0.25, -0.2) is 4.98 Å². The zero-order chi connectivity index (χ0) is 13.0. The predicted molar refractivity (Wildman–Crippen MR) is 64.6 cm³/mol. The monoisotopic (exact) mass is 244 g/mol. The molecule has 0 saturated carbocycles. The number of hydrogen-bond donors (Lipinski definition) is 1. The lowest BCUT2D eigenvalue weighted by atomic mass is 10.1. The van der Waals surface area contributed by atoms with E-state index in [1.54, 1.807) is 43.5 Å². The van der Waals surface area contributed by atoms with E-state index in [9.17, 15) is 4.79 Å². The summed E-state index contributed by atoms with van der Waals surface area (Å²) in [5.41, 5.74) is 0.612. The number of nitrogens with zero attached hydrogens (tertiary/aromatic N) is 2. The highest BCUT2D eigenvalue weighted by Gasteiger charge is 2.08. The molecule has 5 nitrogen and oxygen atoms in total. The van der Waals surface area contributed by atoms with Crippen molar-refractivity contribution in [3.8, 4) is 11.6 Å². The first-order valence-corrected chi connectivity index (χ1v) is 5.42. The van der Waals surface area contributed by atoms with Crippen molar-refractivity contribution in [2.24, 2.45) is 0 Å². The van der Waals surface area contributed by atoms with Crippen LogP contribution in [0.3, 0.4) is 0 Å². The van der Waals surface area contributed by atoms with E-state index in [-0.39, 0.29) is 6.42 Å². The Labute approximate surface area is 104 Å². The summed E-state index contributed by atoms with van der Waals surface area (Å²) in [6.07, 6.45) is 1.51. The second-order valence-electron chi connectivity index (χ2n) is 3.72. The summed E-state index contributed by atoms with van der Waals surface area (Å²) in [4.78, 5) is 18.8. The average molecular weight is 244 g/mol. The Morgan fingerprint density at radius 1 is 1.33 bits per heavy atom. The molecule has 0 fully saturated rings. The van der Waals surface area contributed by atoms with Gasteiger partial charge >= 0.3 is 5.97 Å². The molecule has 18 heavy (non-hydrogen) atoms. The molecule has 0 aliphatic rings. The Hall–Kier alpha value is -2.43. The van der Waals surface area contributed by atoms with Crippen LogP contribution in [0.5, 0.6) is 11.6 Å². The van der Waals surface area contributed by atoms with Crippen molar-refractivity contribution < 1.29 is 14.6 Å². The molecule has 0 saturated heterocycles. The number of carboxylic acid groups (broad SMARTS) is 1. The van der Waals surface area contributed by atoms with E-state index in [0.717, 1.165) is 0 Å². The van der Waals surface area contributed by atoms with Crippen LogP contribution in [0.25, 0.3) is 0 Å². The van der Waals surface area contributed by atoms with Gasteiger partial charge in [-0.2, -0.15) is 4.98 Å². The van der Waals surface area contributed by atoms with Crippen LogP contribution in [-0.2, 0) is 11.2 Å². The summed E-state index contributed by atoms with van der Waals surface area (Å²) < 4.78 is 5.58. The summed E-state index contributed by atoms with van der Waals surface area (Å²) in [7, 11) is 0. The molecule has 1 heterocycles. The second-order valence-corrected chi connectivity index (χ2v) is 3.72. The first-order chi connectivity index (χ1) is 8.65. The van der Waals surface area contributed by atoms with Gasteiger partial charge in [0.05, 0.1) is 6.42 Å². The van der Waals surface area contributed by atoms with Crippen molar-refractivity contribution in [2.75, 3.05) is 0 Å². The Kier molecular flexibility index (Phi) is 3.52. The number of hydrogen-bond acceptors (Lipinski definition) is 4. The fourth-order valence-electron chi connectivity index (χ4n) is 1.52. The predicted octanol–water partition coefficient (Wildman–Crippen LogP) is 2.20. The highest BCUT2D eigenvalue weighted by Crippen LogP contribution is 2.24. The zero-order valence-electron chi connectivity index (χ0n) is 9.83. The fourth-order valence-corrected chi connectivity index (χ4v) is 1.52. The topological polar surface area (TPSA) is 72.3 Å². The van der Waals surface area contributed by atoms with Crippen molar-refractivity contribution in [3.63, 3.8) is 0 Å². The molecule has 0 aliphatic carbocycles. The molecule has 1 N–H and O–H groups in total. The molecule has 0 atom stereocenters. The van der Waals surface area contributed by atoms with Crippen LogP contribution in [0.1, 0.15) is 11.4 Å². The number of rotatable bonds is 4. The summed E-state index contributed by atoms with van der Waals surface area (Å²) in [6, 6.07) is 8.63. The van der Waals surface area contributed by atoms with Crippen molar-refractivity contribution in [3.05, 3.63) is 47.9 Å². The van der Waals surface area contributed by atoms with Crippen LogP contribution in [0.2, 0.25) is 0 Å². The first-order valence-electron chi connectivity index (χ1n) is 5.42. The smallest absolute Gasteiger partial charge is 0.307 e. The average Bonchev–Trinajstić information content (AvgIpc) is 2.31. The third kappa shape index (κ3) is 3.04. The van der Waals surface area contributed by atoms with Crippen LogP contribution in [0, 0.1) is 6.92 Å². The van der Waals surface area contributed by atoms with Gasteiger partial charge in [-0.15, -0.1) is 0 Å². The van der Waals surface area contributed by atoms with Gasteiger partial charge in [-0.05, 0) is 13.0 Å². The molecule has 1 aromatic carbocycles. The lowest BCUT2D eigenvalue weighted by molar-refractivity contribution is -0.136. The number of ether oxygens (including phenoxy) is 1. The molecule has 0 unspecified atom stereocenters. The largest absolute Gasteiger partial charge is 0.481 e. The van der Waals surface area contributed by atoms with E-state index in [0.29, 0.717) is 23.0 Å². The van der Waals surface area contributed by atoms with Crippen LogP contribution < -0.4 is 4.74 Å². The zero-order valence-corrected chi connectivity index (χ0v) is 9.83. The quantitative estimate of drug-likeness (QED) is 0.892. The highest BCUT2D eigenvalue weighted by molar-refractivity contribution is 5.71. The number of carbonyl (C=O) groups is 1. The van der Waals surface area contributed by atoms with Crippen LogP contribution in [0.4, 0.5) is 0 Å². The molecule has 0 spiro atoms. The number of aromatic nitrogens is 2. The standard InChI is InChI=1S/C13H12N2O3/c1-9-14-7-6-12(15-9)18-11-5-3-2-4-10(11)8-13(16)17/h2-7H,8H2,1H3,(H,16,17). The van der Waals surface area contributed by atoms with Gasteiger partial charge in [-0.3, -0.25) is 4.79 Å². The Morgan fingerprint density at radius 3 is 2.83 bits per heavy atom. The molecule has 0 amide bonds. The van der Waals surface area contributed by atoms with Crippen LogP contribution in [-0.4, -0.2) is 21.0 Å². The number of carboxylic acids is 1. The minimum absolute atomic E-state index is 0.0831. The minimum Gasteiger partial charge on any atom is -0.481 e. The minimum atomic E-state index is -0.898. The molecule has 0 radical (unpaired) electrons. The molecule has 1 aromatic heterocycles. The third-order valence-electron chi connectivity index (χ3n) is 2.28. The normalized spacial score (nSPS) is 10.1. The molecule has 0 bridgehead atoms. The summed E-state index contributed by atoms with van der Waals surface area (Å²) in [5, 5.41) is 8.82. The second kappa shape index (κ2) is 5.27. The lowest BCUT2D eigenvalue weighted by Crippen LogP contribution is -2.02. The molecule has 2 rings (SSSR count).